The highest BCUT2D eigenvalue weighted by Gasteiger charge is 2.58. The van der Waals surface area contributed by atoms with E-state index in [-0.39, 0.29) is 33.6 Å². The zero-order valence-electron chi connectivity index (χ0n) is 24.3. The van der Waals surface area contributed by atoms with Gasteiger partial charge in [0.1, 0.15) is 0 Å². The highest BCUT2D eigenvalue weighted by Crippen LogP contribution is 2.48. The van der Waals surface area contributed by atoms with Crippen molar-refractivity contribution in [1.29, 1.82) is 0 Å². The van der Waals surface area contributed by atoms with E-state index in [0.717, 1.165) is 6.08 Å². The lowest BCUT2D eigenvalue weighted by Crippen LogP contribution is -2.33. The van der Waals surface area contributed by atoms with E-state index in [9.17, 15) is 17.6 Å². The van der Waals surface area contributed by atoms with Gasteiger partial charge in [0, 0.05) is 22.2 Å². The molecule has 0 fully saturated rings. The van der Waals surface area contributed by atoms with Crippen molar-refractivity contribution in [1.82, 2.24) is 19.9 Å². The van der Waals surface area contributed by atoms with Crippen molar-refractivity contribution in [2.24, 2.45) is 0 Å². The Kier molecular flexibility index (Phi) is 7.59. The van der Waals surface area contributed by atoms with Crippen LogP contribution in [0.5, 0.6) is 0 Å². The van der Waals surface area contributed by atoms with Crippen LogP contribution in [0.25, 0.3) is 74.5 Å². The number of nitrogens with zero attached hydrogens (tertiary/aromatic N) is 2. The van der Waals surface area contributed by atoms with Crippen LogP contribution in [0, 0.1) is 0 Å². The molecule has 0 spiro atoms. The number of halogens is 8. The number of alkyl halides is 5. The Bertz CT molecular complexity index is 2290. The van der Waals surface area contributed by atoms with Crippen molar-refractivity contribution in [2.75, 3.05) is 0 Å². The third kappa shape index (κ3) is 5.29. The summed E-state index contributed by atoms with van der Waals surface area (Å²) in [6.45, 7) is 0. The first-order valence-electron chi connectivity index (χ1n) is 14.4. The zero-order chi connectivity index (χ0) is 33.8. The number of aromatic amines is 2. The van der Waals surface area contributed by atoms with Crippen LogP contribution in [0.2, 0.25) is 0 Å². The average Bonchev–Trinajstić information content (AvgIpc) is 3.88. The molecule has 8 bridgehead atoms. The molecule has 2 N–H and O–H groups in total. The molecule has 0 saturated carbocycles. The lowest BCUT2D eigenvalue weighted by molar-refractivity contribution is -0.163. The molecule has 3 aromatic heterocycles. The lowest BCUT2D eigenvalue weighted by atomic mass is 10.0. The van der Waals surface area contributed by atoms with E-state index in [4.69, 9.17) is 11.6 Å². The fraction of sp³-hybridized carbons (Fsp3) is 0.0556. The number of H-pyrrole nitrogens is 2. The molecule has 5 aromatic rings. The predicted molar refractivity (Wildman–Crippen MR) is 175 cm³/mol. The Hall–Kier alpha value is -5.42. The van der Waals surface area contributed by atoms with Crippen LogP contribution >= 0.6 is 11.6 Å². The number of nitrogens with one attached hydrogen (secondary N) is 2. The van der Waals surface area contributed by atoms with Gasteiger partial charge in [0.25, 0.3) is 0 Å². The van der Waals surface area contributed by atoms with Crippen LogP contribution in [0.3, 0.4) is 0 Å². The van der Waals surface area contributed by atoms with Crippen molar-refractivity contribution in [3.05, 3.63) is 125 Å². The maximum absolute atomic E-state index is 15.7. The van der Waals surface area contributed by atoms with Crippen LogP contribution in [-0.2, 0) is 5.92 Å². The smallest absolute Gasteiger partial charge is 0.354 e. The Labute approximate surface area is 272 Å². The summed E-state index contributed by atoms with van der Waals surface area (Å²) in [6.07, 6.45) is 2.78. The Morgan fingerprint density at radius 2 is 0.979 bits per heavy atom. The minimum Gasteiger partial charge on any atom is -0.354 e. The Morgan fingerprint density at radius 3 is 1.50 bits per heavy atom. The van der Waals surface area contributed by atoms with E-state index in [1.807, 2.05) is 0 Å². The second-order valence-corrected chi connectivity index (χ2v) is 11.4. The van der Waals surface area contributed by atoms with Crippen LogP contribution in [0.1, 0.15) is 33.9 Å². The van der Waals surface area contributed by atoms with Gasteiger partial charge in [-0.3, -0.25) is 0 Å². The topological polar surface area (TPSA) is 57.4 Å². The SMILES string of the molecule is FC(F)=C(F)c1c2nc(c(-c3ccccc3)c3ccc([nH]3)c(C(F)(F)C(F)(F)Cl)c3nc(c(-c4ccccc4)c4ccc1[nH]4)C=C3)C=C2. The number of fused-ring (bicyclic) bond motifs is 8. The van der Waals surface area contributed by atoms with Gasteiger partial charge in [0.05, 0.1) is 44.9 Å². The normalized spacial score (nSPS) is 12.8. The molecular weight excluding hydrogens is 657 g/mol. The summed E-state index contributed by atoms with van der Waals surface area (Å²) in [5, 5.41) is -5.00. The lowest BCUT2D eigenvalue weighted by Gasteiger charge is -2.22. The van der Waals surface area contributed by atoms with E-state index in [0.29, 0.717) is 22.3 Å². The largest absolute Gasteiger partial charge is 0.388 e. The molecule has 7 rings (SSSR count). The average molecular weight is 677 g/mol. The van der Waals surface area contributed by atoms with Gasteiger partial charge in [-0.25, -0.2) is 14.4 Å². The molecular formula is C36H20ClF7N4. The third-order valence-electron chi connectivity index (χ3n) is 7.93. The molecule has 4 nitrogen and oxygen atoms in total. The Morgan fingerprint density at radius 1 is 0.542 bits per heavy atom. The van der Waals surface area contributed by atoms with Crippen molar-refractivity contribution >= 4 is 63.8 Å². The summed E-state index contributed by atoms with van der Waals surface area (Å²) in [7, 11) is 0. The van der Waals surface area contributed by atoms with Crippen molar-refractivity contribution in [2.45, 2.75) is 11.3 Å². The molecule has 240 valence electrons. The molecule has 12 heteroatoms. The fourth-order valence-corrected chi connectivity index (χ4v) is 5.91. The van der Waals surface area contributed by atoms with Gasteiger partial charge in [-0.05, 0) is 71.3 Å². The molecule has 0 radical (unpaired) electrons. The van der Waals surface area contributed by atoms with Crippen LogP contribution in [0.15, 0.2) is 91.0 Å². The summed E-state index contributed by atoms with van der Waals surface area (Å²) >= 11 is 5.04. The van der Waals surface area contributed by atoms with Gasteiger partial charge < -0.3 is 9.97 Å². The molecule has 0 saturated heterocycles. The predicted octanol–water partition coefficient (Wildman–Crippen LogP) is 11.4. The van der Waals surface area contributed by atoms with Crippen LogP contribution in [0.4, 0.5) is 30.7 Å². The quantitative estimate of drug-likeness (QED) is 0.141. The second kappa shape index (κ2) is 11.7. The highest BCUT2D eigenvalue weighted by atomic mass is 35.5. The molecule has 0 amide bonds. The Balaban J connectivity index is 1.73. The molecule has 2 aromatic carbocycles. The van der Waals surface area contributed by atoms with E-state index in [2.05, 4.69) is 19.9 Å². The number of benzene rings is 2. The molecule has 0 atom stereocenters. The number of aromatic nitrogens is 4. The number of hydrogen-bond donors (Lipinski definition) is 2. The van der Waals surface area contributed by atoms with E-state index >= 15 is 13.2 Å². The maximum atomic E-state index is 15.7. The van der Waals surface area contributed by atoms with Crippen molar-refractivity contribution in [3.63, 3.8) is 0 Å². The van der Waals surface area contributed by atoms with Gasteiger partial charge in [0.2, 0.25) is 0 Å². The summed E-state index contributed by atoms with van der Waals surface area (Å²) in [5.74, 6) is -6.70. The minimum atomic E-state index is -5.00. The zero-order valence-corrected chi connectivity index (χ0v) is 25.1. The van der Waals surface area contributed by atoms with Gasteiger partial charge in [0.15, 0.2) is 5.83 Å². The van der Waals surface area contributed by atoms with Gasteiger partial charge in [-0.1, -0.05) is 60.7 Å². The number of hydrogen-bond acceptors (Lipinski definition) is 2. The van der Waals surface area contributed by atoms with Crippen LogP contribution < -0.4 is 0 Å². The highest BCUT2D eigenvalue weighted by molar-refractivity contribution is 6.22. The first-order valence-corrected chi connectivity index (χ1v) is 14.7. The first kappa shape index (κ1) is 31.2. The summed E-state index contributed by atoms with van der Waals surface area (Å²) < 4.78 is 104. The summed E-state index contributed by atoms with van der Waals surface area (Å²) in [6, 6.07) is 22.4. The number of rotatable bonds is 5. The van der Waals surface area contributed by atoms with Gasteiger partial charge in [-0.15, -0.1) is 0 Å². The molecule has 2 aliphatic heterocycles. The molecule has 0 aliphatic carbocycles. The first-order chi connectivity index (χ1) is 22.9. The maximum Gasteiger partial charge on any atom is 0.388 e. The van der Waals surface area contributed by atoms with E-state index < -0.39 is 45.5 Å². The molecule has 0 unspecified atom stereocenters. The standard InChI is InChI=1S/C36H20ClF7N4/c37-36(43,44)35(41,42)32-27-17-15-23(47-27)29(19-7-3-1-4-8-19)21-11-13-25(45-21)31(33(38)34(39)40)26-14-12-22(46-26)30(20-9-5-2-6-10-20)24-16-18-28(32)48-24/h1-18,45,48H. The fourth-order valence-electron chi connectivity index (χ4n) is 5.82. The third-order valence-corrected chi connectivity index (χ3v) is 8.17. The summed E-state index contributed by atoms with van der Waals surface area (Å²) in [5.41, 5.74) is -0.494. The molecule has 5 heterocycles. The van der Waals surface area contributed by atoms with Crippen molar-refractivity contribution < 1.29 is 30.7 Å². The molecule has 2 aliphatic rings. The van der Waals surface area contributed by atoms with Gasteiger partial charge in [-0.2, -0.15) is 26.3 Å². The van der Waals surface area contributed by atoms with Crippen molar-refractivity contribution in [3.8, 4) is 22.3 Å². The van der Waals surface area contributed by atoms with E-state index in [1.54, 1.807) is 60.7 Å². The minimum absolute atomic E-state index is 0.0590. The van der Waals surface area contributed by atoms with Gasteiger partial charge >= 0.3 is 17.4 Å². The second-order valence-electron chi connectivity index (χ2n) is 10.9. The molecule has 48 heavy (non-hydrogen) atoms. The van der Waals surface area contributed by atoms with Crippen LogP contribution in [-0.4, -0.2) is 25.3 Å². The van der Waals surface area contributed by atoms with E-state index in [1.165, 1.54) is 42.5 Å². The summed E-state index contributed by atoms with van der Waals surface area (Å²) in [4.78, 5) is 14.7. The monoisotopic (exact) mass is 676 g/mol.